The molecule has 0 aromatic heterocycles. The third kappa shape index (κ3) is 9.50. The number of amides is 4. The van der Waals surface area contributed by atoms with Crippen LogP contribution < -0.4 is 15.0 Å². The number of hydrogen-bond acceptors (Lipinski definition) is 11. The van der Waals surface area contributed by atoms with Crippen LogP contribution in [-0.2, 0) is 34.1 Å². The number of methoxy groups -OCH3 is 1. The molecule has 7 atom stereocenters. The van der Waals surface area contributed by atoms with Crippen molar-refractivity contribution in [3.63, 3.8) is 0 Å². The number of ether oxygens (including phenoxy) is 3. The van der Waals surface area contributed by atoms with E-state index in [9.17, 15) is 15.0 Å². The van der Waals surface area contributed by atoms with Gasteiger partial charge in [0.05, 0.1) is 37.4 Å². The number of nitrogens with one attached hydrogen (secondary N) is 1. The molecule has 0 radical (unpaired) electrons. The van der Waals surface area contributed by atoms with Crippen molar-refractivity contribution in [1.82, 2.24) is 15.1 Å². The molecule has 14 nitrogen and oxygen atoms in total. The van der Waals surface area contributed by atoms with Gasteiger partial charge in [-0.2, -0.15) is 0 Å². The van der Waals surface area contributed by atoms with Gasteiger partial charge in [0.1, 0.15) is 41.6 Å². The lowest BCUT2D eigenvalue weighted by molar-refractivity contribution is -0.179. The van der Waals surface area contributed by atoms with Gasteiger partial charge in [0.2, 0.25) is 11.8 Å². The lowest BCUT2D eigenvalue weighted by atomic mass is 9.64. The van der Waals surface area contributed by atoms with Gasteiger partial charge in [-0.1, -0.05) is 131 Å². The van der Waals surface area contributed by atoms with Crippen molar-refractivity contribution in [1.29, 1.82) is 0 Å². The van der Waals surface area contributed by atoms with Crippen LogP contribution >= 0.6 is 0 Å². The van der Waals surface area contributed by atoms with Crippen molar-refractivity contribution in [2.45, 2.75) is 126 Å². The van der Waals surface area contributed by atoms with Crippen LogP contribution in [0.2, 0.25) is 0 Å². The molecule has 4 aromatic carbocycles. The summed E-state index contributed by atoms with van der Waals surface area (Å²) in [6.07, 6.45) is 7.96. The Hall–Kier alpha value is -6.53. The third-order valence-corrected chi connectivity index (χ3v) is 15.4. The molecule has 9 rings (SSSR count). The summed E-state index contributed by atoms with van der Waals surface area (Å²) >= 11 is 0. The molecule has 14 heteroatoms. The molecule has 3 saturated heterocycles. The fourth-order valence-electron chi connectivity index (χ4n) is 12.0. The number of fused-ring (bicyclic) bond motifs is 3. The lowest BCUT2D eigenvalue weighted by Crippen LogP contribution is -2.58. The van der Waals surface area contributed by atoms with Crippen LogP contribution in [0.4, 0.5) is 10.5 Å². The Labute approximate surface area is 422 Å². The summed E-state index contributed by atoms with van der Waals surface area (Å²) in [7, 11) is 1.23. The number of aliphatic hydroxyl groups is 2. The van der Waals surface area contributed by atoms with E-state index in [0.29, 0.717) is 61.2 Å². The van der Waals surface area contributed by atoms with Gasteiger partial charge >= 0.3 is 18.0 Å². The zero-order valence-electron chi connectivity index (χ0n) is 41.5. The Kier molecular flexibility index (Phi) is 15.2. The summed E-state index contributed by atoms with van der Waals surface area (Å²) in [5.74, 6) is 2.26. The zero-order valence-corrected chi connectivity index (χ0v) is 41.5. The normalized spacial score (nSPS) is 25.4. The zero-order chi connectivity index (χ0) is 50.6. The summed E-state index contributed by atoms with van der Waals surface area (Å²) < 4.78 is 17.9. The van der Waals surface area contributed by atoms with Crippen LogP contribution in [-0.4, -0.2) is 101 Å². The van der Waals surface area contributed by atoms with Crippen molar-refractivity contribution in [2.75, 3.05) is 38.3 Å². The number of benzene rings is 4. The number of rotatable bonds is 10. The maximum Gasteiger partial charge on any atom is 0.329 e. The van der Waals surface area contributed by atoms with Gasteiger partial charge in [0, 0.05) is 18.7 Å². The van der Waals surface area contributed by atoms with Gasteiger partial charge in [0.25, 0.3) is 0 Å². The first-order valence-electron chi connectivity index (χ1n) is 25.7. The quantitative estimate of drug-likeness (QED) is 0.0802. The van der Waals surface area contributed by atoms with Gasteiger partial charge < -0.3 is 34.6 Å². The number of esters is 2. The highest BCUT2D eigenvalue weighted by molar-refractivity contribution is 6.25. The van der Waals surface area contributed by atoms with Crippen molar-refractivity contribution >= 4 is 35.5 Å². The molecule has 378 valence electrons. The van der Waals surface area contributed by atoms with Gasteiger partial charge in [0.15, 0.2) is 0 Å². The first-order valence-corrected chi connectivity index (χ1v) is 25.7. The van der Waals surface area contributed by atoms with Crippen molar-refractivity contribution in [2.24, 2.45) is 11.8 Å². The summed E-state index contributed by atoms with van der Waals surface area (Å²) in [5.41, 5.74) is -0.504. The van der Waals surface area contributed by atoms with E-state index in [1.807, 2.05) is 71.6 Å². The molecule has 5 aliphatic rings. The summed E-state index contributed by atoms with van der Waals surface area (Å²) in [6.45, 7) is 3.99. The van der Waals surface area contributed by atoms with Crippen LogP contribution in [0.15, 0.2) is 103 Å². The molecule has 4 amide bonds. The summed E-state index contributed by atoms with van der Waals surface area (Å²) in [6, 6.07) is 25.7. The molecule has 1 saturated carbocycles. The van der Waals surface area contributed by atoms with Crippen molar-refractivity contribution in [3.8, 4) is 17.6 Å². The van der Waals surface area contributed by atoms with E-state index in [4.69, 9.17) is 14.2 Å². The number of carbonyl (C=O) groups is 5. The number of cyclic esters (lactones) is 1. The first-order chi connectivity index (χ1) is 34.9. The van der Waals surface area contributed by atoms with E-state index in [2.05, 4.69) is 17.2 Å². The molecule has 4 aliphatic heterocycles. The highest BCUT2D eigenvalue weighted by Crippen LogP contribution is 2.66. The van der Waals surface area contributed by atoms with Crippen LogP contribution in [0.5, 0.6) is 5.75 Å². The Bertz CT molecular complexity index is 2690. The maximum atomic E-state index is 16.9. The SMILES string of the molecule is COC(=O)[C@@H](NC(=O)N1C(=O)[C@@]2(c3cc(C#CC4(O)CCCCCC4)ccc31)[C@H](c1cccc(OCCO)c1)N1[C@H](c3ccccc3)[C@H](c3ccccc3)OC(=O)[C@H]1[C@@H]2C(=O)N1CCCCCCC1)C(C)C. The lowest BCUT2D eigenvalue weighted by Gasteiger charge is -2.46. The maximum absolute atomic E-state index is 16.9. The Morgan fingerprint density at radius 2 is 1.43 bits per heavy atom. The average Bonchev–Trinajstić information content (AvgIpc) is 3.72. The second-order valence-corrected chi connectivity index (χ2v) is 20.3. The average molecular weight is 979 g/mol. The molecule has 3 N–H and O–H groups in total. The van der Waals surface area contributed by atoms with E-state index in [1.165, 1.54) is 7.11 Å². The standard InChI is InChI=1S/C58H66N4O10/c1-38(2)47(53(65)70-3)59-56(68)61-45-27-26-39(28-31-57(69)29-15-5-6-16-30-57)36-44(45)58(55(61)67)46(52(64)60-32-17-7-4-8-18-33-60)49-54(66)72-50(41-22-13-10-14-23-41)48(40-20-11-9-12-21-40)62(49)51(58)42-24-19-25-43(37-42)71-35-34-63/h9-14,19-27,36-38,46-51,63,69H,4-8,15-18,29-30,32-35H2,1-3H3,(H,59,68)/t46-,47+,48-,49-,50+,51+,58-/m1/s1. The fourth-order valence-corrected chi connectivity index (χ4v) is 12.0. The van der Waals surface area contributed by atoms with Gasteiger partial charge in [-0.15, -0.1) is 0 Å². The second-order valence-electron chi connectivity index (χ2n) is 20.3. The van der Waals surface area contributed by atoms with Crippen LogP contribution in [0.25, 0.3) is 0 Å². The van der Waals surface area contributed by atoms with Gasteiger partial charge in [-0.3, -0.25) is 19.3 Å². The number of carbonyl (C=O) groups excluding carboxylic acids is 5. The van der Waals surface area contributed by atoms with E-state index in [1.54, 1.807) is 55.1 Å². The molecule has 1 spiro atoms. The van der Waals surface area contributed by atoms with Crippen LogP contribution in [0.1, 0.15) is 130 Å². The van der Waals surface area contributed by atoms with Crippen LogP contribution in [0, 0.1) is 23.7 Å². The summed E-state index contributed by atoms with van der Waals surface area (Å²) in [4.78, 5) is 82.3. The molecule has 4 heterocycles. The Morgan fingerprint density at radius 3 is 2.08 bits per heavy atom. The Morgan fingerprint density at radius 1 is 0.792 bits per heavy atom. The number of aliphatic hydroxyl groups excluding tert-OH is 1. The smallest absolute Gasteiger partial charge is 0.329 e. The number of anilines is 1. The molecule has 1 aliphatic carbocycles. The molecular formula is C58H66N4O10. The highest BCUT2D eigenvalue weighted by Gasteiger charge is 2.76. The molecule has 72 heavy (non-hydrogen) atoms. The summed E-state index contributed by atoms with van der Waals surface area (Å²) in [5, 5.41) is 24.5. The number of hydrogen-bond donors (Lipinski definition) is 3. The number of imide groups is 1. The minimum absolute atomic E-state index is 0.0297. The van der Waals surface area contributed by atoms with E-state index >= 15 is 19.2 Å². The van der Waals surface area contributed by atoms with E-state index in [-0.39, 0.29) is 24.5 Å². The van der Waals surface area contributed by atoms with Crippen LogP contribution in [0.3, 0.4) is 0 Å². The van der Waals surface area contributed by atoms with Crippen molar-refractivity contribution < 1.29 is 48.4 Å². The molecule has 4 aromatic rings. The molecule has 0 bridgehead atoms. The fraction of sp³-hybridized carbons (Fsp3) is 0.466. The predicted molar refractivity (Wildman–Crippen MR) is 269 cm³/mol. The minimum Gasteiger partial charge on any atom is -0.491 e. The monoisotopic (exact) mass is 978 g/mol. The second kappa shape index (κ2) is 21.7. The number of likely N-dealkylation sites (tertiary alicyclic amines) is 1. The van der Waals surface area contributed by atoms with E-state index in [0.717, 1.165) is 55.4 Å². The molecule has 4 fully saturated rings. The topological polar surface area (TPSA) is 175 Å². The minimum atomic E-state index is -2.07. The number of morpholine rings is 1. The van der Waals surface area contributed by atoms with Gasteiger partial charge in [-0.05, 0) is 97.0 Å². The molecular weight excluding hydrogens is 913 g/mol. The Balaban J connectivity index is 1.37. The van der Waals surface area contributed by atoms with E-state index < -0.39 is 82.9 Å². The number of urea groups is 1. The van der Waals surface area contributed by atoms with Crippen molar-refractivity contribution in [3.05, 3.63) is 131 Å². The number of nitrogens with zero attached hydrogens (tertiary/aromatic N) is 3. The molecule has 0 unspecified atom stereocenters. The largest absolute Gasteiger partial charge is 0.491 e. The highest BCUT2D eigenvalue weighted by atomic mass is 16.6. The predicted octanol–water partition coefficient (Wildman–Crippen LogP) is 7.86. The third-order valence-electron chi connectivity index (χ3n) is 15.4. The first kappa shape index (κ1) is 50.4. The van der Waals surface area contributed by atoms with Gasteiger partial charge in [-0.25, -0.2) is 14.5 Å².